The van der Waals surface area contributed by atoms with Crippen LogP contribution in [0, 0.1) is 23.7 Å². The maximum Gasteiger partial charge on any atom is 0.392 e. The molecule has 1 heterocycles. The zero-order valence-electron chi connectivity index (χ0n) is 10.0. The van der Waals surface area contributed by atoms with E-state index in [1.807, 2.05) is 0 Å². The molecule has 2 aliphatic rings. The smallest absolute Gasteiger partial charge is 0.392 e. The molecule has 0 aromatic rings. The van der Waals surface area contributed by atoms with Crippen LogP contribution in [0.25, 0.3) is 0 Å². The van der Waals surface area contributed by atoms with Gasteiger partial charge in [0.2, 0.25) is 0 Å². The summed E-state index contributed by atoms with van der Waals surface area (Å²) in [5.41, 5.74) is 0. The average Bonchev–Trinajstić information content (AvgIpc) is 2.76. The van der Waals surface area contributed by atoms with Crippen molar-refractivity contribution in [2.45, 2.75) is 31.9 Å². The number of nitrogens with one attached hydrogen (secondary N) is 1. The van der Waals surface area contributed by atoms with E-state index in [2.05, 4.69) is 5.32 Å². The third-order valence-electron chi connectivity index (χ3n) is 4.37. The minimum atomic E-state index is -4.20. The molecule has 1 aliphatic carbocycles. The van der Waals surface area contributed by atoms with Crippen LogP contribution in [0.5, 0.6) is 0 Å². The highest BCUT2D eigenvalue weighted by Crippen LogP contribution is 2.46. The van der Waals surface area contributed by atoms with Gasteiger partial charge in [-0.2, -0.15) is 13.2 Å². The van der Waals surface area contributed by atoms with Gasteiger partial charge in [-0.3, -0.25) is 4.79 Å². The molecule has 18 heavy (non-hydrogen) atoms. The van der Waals surface area contributed by atoms with E-state index in [0.29, 0.717) is 25.9 Å². The van der Waals surface area contributed by atoms with Crippen LogP contribution in [0.15, 0.2) is 0 Å². The molecule has 3 nitrogen and oxygen atoms in total. The second-order valence-corrected chi connectivity index (χ2v) is 5.36. The lowest BCUT2D eigenvalue weighted by Gasteiger charge is -2.37. The Morgan fingerprint density at radius 2 is 1.78 bits per heavy atom. The molecule has 2 rings (SSSR count). The van der Waals surface area contributed by atoms with E-state index in [0.717, 1.165) is 6.42 Å². The lowest BCUT2D eigenvalue weighted by Crippen LogP contribution is -2.40. The topological polar surface area (TPSA) is 49.3 Å². The molecule has 1 aliphatic heterocycles. The molecule has 0 aromatic carbocycles. The number of hydrogen-bond donors (Lipinski definition) is 2. The van der Waals surface area contributed by atoms with Crippen LogP contribution in [-0.4, -0.2) is 30.3 Å². The SMILES string of the molecule is O=C(O)C1CNCC1C1CCCCC1C(F)(F)F. The molecule has 2 fully saturated rings. The number of carboxylic acid groups (broad SMARTS) is 1. The fourth-order valence-electron chi connectivity index (χ4n) is 3.50. The van der Waals surface area contributed by atoms with Crippen LogP contribution in [0.3, 0.4) is 0 Å². The van der Waals surface area contributed by atoms with Gasteiger partial charge in [-0.25, -0.2) is 0 Å². The predicted molar refractivity (Wildman–Crippen MR) is 59.0 cm³/mol. The van der Waals surface area contributed by atoms with Gasteiger partial charge >= 0.3 is 12.1 Å². The van der Waals surface area contributed by atoms with Crippen molar-refractivity contribution in [2.75, 3.05) is 13.1 Å². The number of halogens is 3. The summed E-state index contributed by atoms with van der Waals surface area (Å²) in [4.78, 5) is 11.1. The van der Waals surface area contributed by atoms with E-state index in [1.165, 1.54) is 0 Å². The summed E-state index contributed by atoms with van der Waals surface area (Å²) < 4.78 is 39.0. The number of rotatable bonds is 2. The number of carbonyl (C=O) groups is 1. The van der Waals surface area contributed by atoms with Crippen molar-refractivity contribution in [3.63, 3.8) is 0 Å². The highest BCUT2D eigenvalue weighted by molar-refractivity contribution is 5.71. The van der Waals surface area contributed by atoms with Gasteiger partial charge in [-0.1, -0.05) is 12.8 Å². The second kappa shape index (κ2) is 5.07. The molecule has 104 valence electrons. The van der Waals surface area contributed by atoms with E-state index in [4.69, 9.17) is 5.11 Å². The zero-order valence-corrected chi connectivity index (χ0v) is 10.0. The lowest BCUT2D eigenvalue weighted by atomic mass is 9.69. The first-order valence-electron chi connectivity index (χ1n) is 6.41. The molecular weight excluding hydrogens is 247 g/mol. The van der Waals surface area contributed by atoms with Gasteiger partial charge in [-0.15, -0.1) is 0 Å². The Morgan fingerprint density at radius 3 is 2.39 bits per heavy atom. The van der Waals surface area contributed by atoms with Crippen LogP contribution in [0.4, 0.5) is 13.2 Å². The second-order valence-electron chi connectivity index (χ2n) is 5.36. The normalized spacial score (nSPS) is 37.7. The molecule has 4 atom stereocenters. The van der Waals surface area contributed by atoms with E-state index in [-0.39, 0.29) is 12.3 Å². The van der Waals surface area contributed by atoms with Crippen LogP contribution in [0.2, 0.25) is 0 Å². The minimum Gasteiger partial charge on any atom is -0.481 e. The number of alkyl halides is 3. The van der Waals surface area contributed by atoms with Gasteiger partial charge in [0.1, 0.15) is 0 Å². The highest BCUT2D eigenvalue weighted by atomic mass is 19.4. The Morgan fingerprint density at radius 1 is 1.11 bits per heavy atom. The molecular formula is C12H18F3NO2. The third kappa shape index (κ3) is 2.63. The summed E-state index contributed by atoms with van der Waals surface area (Å²) in [5.74, 6) is -3.88. The van der Waals surface area contributed by atoms with Crippen LogP contribution in [0.1, 0.15) is 25.7 Å². The van der Waals surface area contributed by atoms with Crippen molar-refractivity contribution < 1.29 is 23.1 Å². The average molecular weight is 265 g/mol. The van der Waals surface area contributed by atoms with Gasteiger partial charge in [0, 0.05) is 6.54 Å². The van der Waals surface area contributed by atoms with Crippen LogP contribution >= 0.6 is 0 Å². The molecule has 2 N–H and O–H groups in total. The number of aliphatic carboxylic acids is 1. The zero-order chi connectivity index (χ0) is 13.3. The summed E-state index contributed by atoms with van der Waals surface area (Å²) in [6.07, 6.45) is -2.17. The first-order chi connectivity index (χ1) is 8.41. The molecule has 0 radical (unpaired) electrons. The van der Waals surface area contributed by atoms with Gasteiger partial charge in [0.05, 0.1) is 11.8 Å². The lowest BCUT2D eigenvalue weighted by molar-refractivity contribution is -0.203. The Bertz CT molecular complexity index is 319. The molecule has 1 saturated heterocycles. The Hall–Kier alpha value is -0.780. The van der Waals surface area contributed by atoms with Crippen molar-refractivity contribution in [1.82, 2.24) is 5.32 Å². The summed E-state index contributed by atoms with van der Waals surface area (Å²) in [7, 11) is 0. The van der Waals surface area contributed by atoms with E-state index in [1.54, 1.807) is 0 Å². The summed E-state index contributed by atoms with van der Waals surface area (Å²) in [5, 5.41) is 12.0. The Kier molecular flexibility index (Phi) is 3.84. The van der Waals surface area contributed by atoms with E-state index >= 15 is 0 Å². The Labute approximate surface area is 104 Å². The molecule has 0 amide bonds. The fraction of sp³-hybridized carbons (Fsp3) is 0.917. The third-order valence-corrected chi connectivity index (χ3v) is 4.37. The minimum absolute atomic E-state index is 0.150. The molecule has 1 saturated carbocycles. The van der Waals surface area contributed by atoms with Gasteiger partial charge in [0.15, 0.2) is 0 Å². The summed E-state index contributed by atoms with van der Waals surface area (Å²) >= 11 is 0. The standard InChI is InChI=1S/C12H18F3NO2/c13-12(14,15)10-4-2-1-3-7(10)8-5-16-6-9(8)11(17)18/h7-10,16H,1-6H2,(H,17,18). The van der Waals surface area contributed by atoms with Crippen LogP contribution < -0.4 is 5.32 Å². The van der Waals surface area contributed by atoms with Crippen molar-refractivity contribution in [3.8, 4) is 0 Å². The van der Waals surface area contributed by atoms with E-state index in [9.17, 15) is 18.0 Å². The number of hydrogen-bond acceptors (Lipinski definition) is 2. The monoisotopic (exact) mass is 265 g/mol. The van der Waals surface area contributed by atoms with Crippen LogP contribution in [-0.2, 0) is 4.79 Å². The highest BCUT2D eigenvalue weighted by Gasteiger charge is 2.51. The first kappa shape index (κ1) is 13.6. The Balaban J connectivity index is 2.16. The first-order valence-corrected chi connectivity index (χ1v) is 6.41. The maximum atomic E-state index is 13.0. The quantitative estimate of drug-likeness (QED) is 0.805. The van der Waals surface area contributed by atoms with Gasteiger partial charge in [0.25, 0.3) is 0 Å². The number of carboxylic acids is 1. The summed E-state index contributed by atoms with van der Waals surface area (Å²) in [6, 6.07) is 0. The summed E-state index contributed by atoms with van der Waals surface area (Å²) in [6.45, 7) is 0.690. The van der Waals surface area contributed by atoms with Crippen molar-refractivity contribution >= 4 is 5.97 Å². The molecule has 4 unspecified atom stereocenters. The predicted octanol–water partition coefficient (Wildman–Crippen LogP) is 2.28. The molecule has 0 aromatic heterocycles. The van der Waals surface area contributed by atoms with Gasteiger partial charge < -0.3 is 10.4 Å². The largest absolute Gasteiger partial charge is 0.481 e. The van der Waals surface area contributed by atoms with Gasteiger partial charge in [-0.05, 0) is 31.2 Å². The molecule has 6 heteroatoms. The van der Waals surface area contributed by atoms with Crippen molar-refractivity contribution in [1.29, 1.82) is 0 Å². The maximum absolute atomic E-state index is 13.0. The van der Waals surface area contributed by atoms with E-state index < -0.39 is 29.9 Å². The fourth-order valence-corrected chi connectivity index (χ4v) is 3.50. The molecule has 0 bridgehead atoms. The van der Waals surface area contributed by atoms with Crippen molar-refractivity contribution in [2.24, 2.45) is 23.7 Å². The van der Waals surface area contributed by atoms with Crippen molar-refractivity contribution in [3.05, 3.63) is 0 Å². The molecule has 0 spiro atoms.